The molecular weight excluding hydrogens is 244 g/mol. The normalized spacial score (nSPS) is 30.7. The molecule has 1 aromatic heterocycles. The van der Waals surface area contributed by atoms with Gasteiger partial charge in [0.25, 0.3) is 0 Å². The fourth-order valence-corrected chi connectivity index (χ4v) is 3.82. The van der Waals surface area contributed by atoms with Crippen molar-refractivity contribution >= 4 is 5.97 Å². The molecule has 2 aliphatic rings. The molecule has 0 aromatic carbocycles. The number of carboxylic acid groups (broad SMARTS) is 1. The van der Waals surface area contributed by atoms with Crippen LogP contribution in [0.25, 0.3) is 0 Å². The fourth-order valence-electron chi connectivity index (χ4n) is 3.82. The number of fused-ring (bicyclic) bond motifs is 2. The van der Waals surface area contributed by atoms with Gasteiger partial charge in [-0.05, 0) is 43.9 Å². The van der Waals surface area contributed by atoms with E-state index in [4.69, 9.17) is 9.63 Å². The number of aromatic carboxylic acids is 1. The number of nitrogens with zero attached hydrogens (tertiary/aromatic N) is 1. The van der Waals surface area contributed by atoms with E-state index in [-0.39, 0.29) is 5.69 Å². The topological polar surface area (TPSA) is 75.4 Å². The first-order valence-corrected chi connectivity index (χ1v) is 7.05. The lowest BCUT2D eigenvalue weighted by molar-refractivity contribution is 0.0685. The van der Waals surface area contributed by atoms with Crippen molar-refractivity contribution in [3.8, 4) is 0 Å². The third-order valence-electron chi connectivity index (χ3n) is 4.81. The predicted octanol–water partition coefficient (Wildman–Crippen LogP) is 2.29. The average Bonchev–Trinajstić information content (AvgIpc) is 3.11. The van der Waals surface area contributed by atoms with E-state index in [0.29, 0.717) is 18.3 Å². The van der Waals surface area contributed by atoms with Crippen LogP contribution in [0.15, 0.2) is 10.6 Å². The molecule has 2 aliphatic carbocycles. The molecule has 2 fully saturated rings. The first-order valence-electron chi connectivity index (χ1n) is 7.05. The molecule has 4 unspecified atom stereocenters. The standard InChI is InChI=1S/C14H20N2O3/c1-8(12-5-9-2-3-10(12)4-9)15-7-11-6-13(14(17)18)16-19-11/h6,8-10,12,15H,2-5,7H2,1H3,(H,17,18). The second kappa shape index (κ2) is 4.96. The zero-order chi connectivity index (χ0) is 13.4. The highest BCUT2D eigenvalue weighted by Gasteiger charge is 2.41. The van der Waals surface area contributed by atoms with Crippen molar-refractivity contribution < 1.29 is 14.4 Å². The Labute approximate surface area is 112 Å². The maximum atomic E-state index is 10.7. The van der Waals surface area contributed by atoms with Crippen LogP contribution in [0.1, 0.15) is 48.9 Å². The third-order valence-corrected chi connectivity index (χ3v) is 4.81. The van der Waals surface area contributed by atoms with Crippen molar-refractivity contribution in [2.45, 2.75) is 45.2 Å². The van der Waals surface area contributed by atoms with Gasteiger partial charge in [-0.15, -0.1) is 0 Å². The average molecular weight is 264 g/mol. The highest BCUT2D eigenvalue weighted by atomic mass is 16.5. The number of carbonyl (C=O) groups is 1. The Morgan fingerprint density at radius 2 is 2.42 bits per heavy atom. The Balaban J connectivity index is 1.52. The smallest absolute Gasteiger partial charge is 0.358 e. The molecule has 104 valence electrons. The van der Waals surface area contributed by atoms with Gasteiger partial charge in [0.15, 0.2) is 11.5 Å². The number of rotatable bonds is 5. The Morgan fingerprint density at radius 1 is 1.58 bits per heavy atom. The van der Waals surface area contributed by atoms with Crippen molar-refractivity contribution in [2.75, 3.05) is 0 Å². The van der Waals surface area contributed by atoms with E-state index < -0.39 is 5.97 Å². The van der Waals surface area contributed by atoms with Crippen molar-refractivity contribution in [2.24, 2.45) is 17.8 Å². The lowest BCUT2D eigenvalue weighted by atomic mass is 9.84. The number of hydrogen-bond donors (Lipinski definition) is 2. The van der Waals surface area contributed by atoms with E-state index >= 15 is 0 Å². The summed E-state index contributed by atoms with van der Waals surface area (Å²) in [6.45, 7) is 2.77. The van der Waals surface area contributed by atoms with Crippen LogP contribution in [-0.4, -0.2) is 22.3 Å². The zero-order valence-electron chi connectivity index (χ0n) is 11.1. The molecular formula is C14H20N2O3. The Bertz CT molecular complexity index is 471. The Kier molecular flexibility index (Phi) is 3.31. The molecule has 5 nitrogen and oxygen atoms in total. The SMILES string of the molecule is CC(NCc1cc(C(=O)O)no1)C1CC2CCC1C2. The second-order valence-electron chi connectivity index (χ2n) is 5.99. The quantitative estimate of drug-likeness (QED) is 0.853. The largest absolute Gasteiger partial charge is 0.476 e. The maximum Gasteiger partial charge on any atom is 0.358 e. The van der Waals surface area contributed by atoms with E-state index in [9.17, 15) is 4.79 Å². The number of nitrogens with one attached hydrogen (secondary N) is 1. The van der Waals surface area contributed by atoms with Crippen LogP contribution in [0.3, 0.4) is 0 Å². The van der Waals surface area contributed by atoms with Crippen LogP contribution in [0.2, 0.25) is 0 Å². The summed E-state index contributed by atoms with van der Waals surface area (Å²) < 4.78 is 5.01. The van der Waals surface area contributed by atoms with Crippen molar-refractivity contribution in [3.05, 3.63) is 17.5 Å². The summed E-state index contributed by atoms with van der Waals surface area (Å²) in [6.07, 6.45) is 5.54. The minimum absolute atomic E-state index is 0.0237. The first kappa shape index (κ1) is 12.7. The van der Waals surface area contributed by atoms with Gasteiger partial charge in [0.1, 0.15) is 0 Å². The van der Waals surface area contributed by atoms with Gasteiger partial charge in [-0.2, -0.15) is 0 Å². The summed E-state index contributed by atoms with van der Waals surface area (Å²) >= 11 is 0. The van der Waals surface area contributed by atoms with E-state index in [2.05, 4.69) is 17.4 Å². The van der Waals surface area contributed by atoms with Gasteiger partial charge in [0.05, 0.1) is 6.54 Å². The maximum absolute atomic E-state index is 10.7. The minimum Gasteiger partial charge on any atom is -0.476 e. The van der Waals surface area contributed by atoms with Gasteiger partial charge in [-0.25, -0.2) is 4.79 Å². The monoisotopic (exact) mass is 264 g/mol. The third kappa shape index (κ3) is 2.52. The van der Waals surface area contributed by atoms with Crippen molar-refractivity contribution in [1.82, 2.24) is 10.5 Å². The highest BCUT2D eigenvalue weighted by Crippen LogP contribution is 2.49. The molecule has 1 heterocycles. The van der Waals surface area contributed by atoms with Gasteiger partial charge in [-0.1, -0.05) is 11.6 Å². The molecule has 2 N–H and O–H groups in total. The number of carboxylic acids is 1. The number of aromatic nitrogens is 1. The summed E-state index contributed by atoms with van der Waals surface area (Å²) in [5, 5.41) is 15.7. The molecule has 0 amide bonds. The second-order valence-corrected chi connectivity index (χ2v) is 5.99. The van der Waals surface area contributed by atoms with Gasteiger partial charge in [0, 0.05) is 12.1 Å². The zero-order valence-corrected chi connectivity index (χ0v) is 11.1. The van der Waals surface area contributed by atoms with Gasteiger partial charge in [0.2, 0.25) is 0 Å². The Hall–Kier alpha value is -1.36. The van der Waals surface area contributed by atoms with E-state index in [1.54, 1.807) is 0 Å². The van der Waals surface area contributed by atoms with Gasteiger partial charge >= 0.3 is 5.97 Å². The molecule has 0 aliphatic heterocycles. The van der Waals surface area contributed by atoms with Gasteiger partial charge < -0.3 is 14.9 Å². The predicted molar refractivity (Wildman–Crippen MR) is 68.7 cm³/mol. The van der Waals surface area contributed by atoms with E-state index in [1.165, 1.54) is 31.7 Å². The molecule has 0 saturated heterocycles. The summed E-state index contributed by atoms with van der Waals surface area (Å²) in [4.78, 5) is 10.7. The van der Waals surface area contributed by atoms with Crippen LogP contribution in [0.4, 0.5) is 0 Å². The minimum atomic E-state index is -1.05. The summed E-state index contributed by atoms with van der Waals surface area (Å²) in [6, 6.07) is 1.94. The van der Waals surface area contributed by atoms with E-state index in [1.807, 2.05) is 0 Å². The molecule has 2 bridgehead atoms. The van der Waals surface area contributed by atoms with E-state index in [0.717, 1.165) is 17.8 Å². The Morgan fingerprint density at radius 3 is 3.00 bits per heavy atom. The summed E-state index contributed by atoms with van der Waals surface area (Å²) in [7, 11) is 0. The molecule has 1 aromatic rings. The van der Waals surface area contributed by atoms with Crippen LogP contribution in [0.5, 0.6) is 0 Å². The molecule has 0 radical (unpaired) electrons. The van der Waals surface area contributed by atoms with Crippen LogP contribution >= 0.6 is 0 Å². The van der Waals surface area contributed by atoms with Crippen LogP contribution in [0, 0.1) is 17.8 Å². The molecule has 0 spiro atoms. The first-order chi connectivity index (χ1) is 9.13. The molecule has 3 rings (SSSR count). The lowest BCUT2D eigenvalue weighted by Gasteiger charge is -2.28. The molecule has 5 heteroatoms. The molecule has 19 heavy (non-hydrogen) atoms. The fraction of sp³-hybridized carbons (Fsp3) is 0.714. The highest BCUT2D eigenvalue weighted by molar-refractivity contribution is 5.85. The molecule has 4 atom stereocenters. The lowest BCUT2D eigenvalue weighted by Crippen LogP contribution is -2.35. The summed E-state index contributed by atoms with van der Waals surface area (Å²) in [5.41, 5.74) is -0.0237. The van der Waals surface area contributed by atoms with Gasteiger partial charge in [-0.3, -0.25) is 0 Å². The van der Waals surface area contributed by atoms with Crippen LogP contribution in [-0.2, 0) is 6.54 Å². The summed E-state index contributed by atoms with van der Waals surface area (Å²) in [5.74, 6) is 2.14. The van der Waals surface area contributed by atoms with Crippen molar-refractivity contribution in [1.29, 1.82) is 0 Å². The number of hydrogen-bond acceptors (Lipinski definition) is 4. The molecule has 2 saturated carbocycles. The van der Waals surface area contributed by atoms with Crippen LogP contribution < -0.4 is 5.32 Å². The van der Waals surface area contributed by atoms with Crippen molar-refractivity contribution in [3.63, 3.8) is 0 Å².